The number of hydrogen-bond donors (Lipinski definition) is 2. The van der Waals surface area contributed by atoms with Crippen molar-refractivity contribution < 1.29 is 14.6 Å². The lowest BCUT2D eigenvalue weighted by Crippen LogP contribution is -2.47. The van der Waals surface area contributed by atoms with Gasteiger partial charge >= 0.3 is 0 Å². The quantitative estimate of drug-likeness (QED) is 0.817. The minimum Gasteiger partial charge on any atom is -0.497 e. The van der Waals surface area contributed by atoms with Crippen LogP contribution in [0.25, 0.3) is 0 Å². The minimum absolute atomic E-state index is 0. The van der Waals surface area contributed by atoms with Gasteiger partial charge in [0, 0.05) is 5.56 Å². The predicted molar refractivity (Wildman–Crippen MR) is 71.6 cm³/mol. The molecule has 1 aliphatic rings. The summed E-state index contributed by atoms with van der Waals surface area (Å²) in [7, 11) is 1.58. The molecule has 1 heterocycles. The van der Waals surface area contributed by atoms with Crippen molar-refractivity contribution >= 4 is 18.2 Å². The molecule has 4 nitrogen and oxygen atoms in total. The second kappa shape index (κ2) is 6.18. The van der Waals surface area contributed by atoms with Crippen LogP contribution >= 0.6 is 12.4 Å². The molecule has 2 N–H and O–H groups in total. The lowest BCUT2D eigenvalue weighted by Gasteiger charge is -2.31. The third-order valence-corrected chi connectivity index (χ3v) is 3.21. The maximum Gasteiger partial charge on any atom is 0.194 e. The maximum atomic E-state index is 12.2. The average molecular weight is 272 g/mol. The molecule has 0 atom stereocenters. The second-order valence-electron chi connectivity index (χ2n) is 4.34. The zero-order valence-corrected chi connectivity index (χ0v) is 11.1. The van der Waals surface area contributed by atoms with Crippen molar-refractivity contribution in [2.45, 2.75) is 18.4 Å². The number of nitrogens with one attached hydrogen (secondary N) is 1. The minimum atomic E-state index is -1.21. The SMILES string of the molecule is COc1ccc(C(=O)C2(O)CCNCC2)cc1.Cl. The third kappa shape index (κ3) is 3.02. The van der Waals surface area contributed by atoms with E-state index in [1.807, 2.05) is 0 Å². The Morgan fingerprint density at radius 2 is 1.83 bits per heavy atom. The molecule has 1 fully saturated rings. The Hall–Kier alpha value is -1.10. The number of ketones is 1. The normalized spacial score (nSPS) is 17.7. The van der Waals surface area contributed by atoms with E-state index in [1.54, 1.807) is 31.4 Å². The summed E-state index contributed by atoms with van der Waals surface area (Å²) in [6, 6.07) is 6.86. The fraction of sp³-hybridized carbons (Fsp3) is 0.462. The molecule has 5 heteroatoms. The van der Waals surface area contributed by atoms with Crippen LogP contribution in [0.2, 0.25) is 0 Å². The summed E-state index contributed by atoms with van der Waals surface area (Å²) >= 11 is 0. The highest BCUT2D eigenvalue weighted by Gasteiger charge is 2.37. The van der Waals surface area contributed by atoms with E-state index in [9.17, 15) is 9.90 Å². The molecule has 0 aliphatic carbocycles. The van der Waals surface area contributed by atoms with Crippen LogP contribution in [-0.2, 0) is 0 Å². The van der Waals surface area contributed by atoms with E-state index in [0.717, 1.165) is 0 Å². The first kappa shape index (κ1) is 15.0. The van der Waals surface area contributed by atoms with E-state index in [0.29, 0.717) is 37.2 Å². The molecule has 18 heavy (non-hydrogen) atoms. The van der Waals surface area contributed by atoms with Gasteiger partial charge in [0.25, 0.3) is 0 Å². The largest absolute Gasteiger partial charge is 0.497 e. The summed E-state index contributed by atoms with van der Waals surface area (Å²) < 4.78 is 5.04. The van der Waals surface area contributed by atoms with Gasteiger partial charge in [-0.2, -0.15) is 0 Å². The number of aliphatic hydroxyl groups is 1. The molecule has 2 rings (SSSR count). The van der Waals surface area contributed by atoms with E-state index in [2.05, 4.69) is 5.32 Å². The molecule has 0 radical (unpaired) electrons. The second-order valence-corrected chi connectivity index (χ2v) is 4.34. The molecular weight excluding hydrogens is 254 g/mol. The Bertz CT molecular complexity index is 399. The zero-order chi connectivity index (χ0) is 12.3. The first-order valence-corrected chi connectivity index (χ1v) is 5.78. The van der Waals surface area contributed by atoms with Gasteiger partial charge in [-0.25, -0.2) is 0 Å². The fourth-order valence-corrected chi connectivity index (χ4v) is 2.08. The van der Waals surface area contributed by atoms with Crippen LogP contribution < -0.4 is 10.1 Å². The molecular formula is C13H18ClNO3. The lowest BCUT2D eigenvalue weighted by atomic mass is 9.85. The van der Waals surface area contributed by atoms with Crippen LogP contribution in [-0.4, -0.2) is 36.7 Å². The number of ether oxygens (including phenoxy) is 1. The molecule has 0 amide bonds. The number of carbonyl (C=O) groups is 1. The molecule has 100 valence electrons. The summed E-state index contributed by atoms with van der Waals surface area (Å²) in [6.07, 6.45) is 0.940. The van der Waals surface area contributed by atoms with Gasteiger partial charge < -0.3 is 15.2 Å². The van der Waals surface area contributed by atoms with Crippen molar-refractivity contribution in [3.63, 3.8) is 0 Å². The highest BCUT2D eigenvalue weighted by Crippen LogP contribution is 2.24. The van der Waals surface area contributed by atoms with Crippen LogP contribution in [0, 0.1) is 0 Å². The van der Waals surface area contributed by atoms with Crippen LogP contribution in [0.1, 0.15) is 23.2 Å². The standard InChI is InChI=1S/C13H17NO3.ClH/c1-17-11-4-2-10(3-5-11)12(15)13(16)6-8-14-9-7-13;/h2-5,14,16H,6-9H2,1H3;1H. The highest BCUT2D eigenvalue weighted by atomic mass is 35.5. The Labute approximate surface area is 113 Å². The Morgan fingerprint density at radius 1 is 1.28 bits per heavy atom. The molecule has 0 saturated carbocycles. The number of benzene rings is 1. The van der Waals surface area contributed by atoms with Crippen molar-refractivity contribution in [2.75, 3.05) is 20.2 Å². The number of methoxy groups -OCH3 is 1. The first-order valence-electron chi connectivity index (χ1n) is 5.78. The molecule has 1 aromatic rings. The van der Waals surface area contributed by atoms with E-state index in [-0.39, 0.29) is 18.2 Å². The summed E-state index contributed by atoms with van der Waals surface area (Å²) in [6.45, 7) is 1.36. The average Bonchev–Trinajstić information content (AvgIpc) is 2.39. The van der Waals surface area contributed by atoms with E-state index in [1.165, 1.54) is 0 Å². The third-order valence-electron chi connectivity index (χ3n) is 3.21. The summed E-state index contributed by atoms with van der Waals surface area (Å²) in [5.74, 6) is 0.514. The first-order chi connectivity index (χ1) is 8.15. The van der Waals surface area contributed by atoms with Crippen LogP contribution in [0.15, 0.2) is 24.3 Å². The molecule has 0 unspecified atom stereocenters. The number of Topliss-reactive ketones (excluding diaryl/α,β-unsaturated/α-hetero) is 1. The monoisotopic (exact) mass is 271 g/mol. The number of piperidine rings is 1. The summed E-state index contributed by atoms with van der Waals surface area (Å²) in [5, 5.41) is 13.4. The van der Waals surface area contributed by atoms with Crippen molar-refractivity contribution in [2.24, 2.45) is 0 Å². The number of rotatable bonds is 3. The summed E-state index contributed by atoms with van der Waals surface area (Å²) in [4.78, 5) is 12.2. The predicted octanol–water partition coefficient (Wildman–Crippen LogP) is 1.41. The molecule has 1 aliphatic heterocycles. The van der Waals surface area contributed by atoms with E-state index < -0.39 is 5.60 Å². The van der Waals surface area contributed by atoms with Crippen LogP contribution in [0.5, 0.6) is 5.75 Å². The molecule has 0 bridgehead atoms. The van der Waals surface area contributed by atoms with Crippen molar-refractivity contribution in [3.8, 4) is 5.75 Å². The fourth-order valence-electron chi connectivity index (χ4n) is 2.08. The van der Waals surface area contributed by atoms with Crippen LogP contribution in [0.3, 0.4) is 0 Å². The van der Waals surface area contributed by atoms with Crippen molar-refractivity contribution in [3.05, 3.63) is 29.8 Å². The van der Waals surface area contributed by atoms with E-state index in [4.69, 9.17) is 4.74 Å². The zero-order valence-electron chi connectivity index (χ0n) is 10.3. The Kier molecular flexibility index (Phi) is 5.14. The van der Waals surface area contributed by atoms with Gasteiger partial charge in [0.15, 0.2) is 5.78 Å². The van der Waals surface area contributed by atoms with Gasteiger partial charge in [0.05, 0.1) is 7.11 Å². The molecule has 1 aromatic carbocycles. The summed E-state index contributed by atoms with van der Waals surface area (Å²) in [5.41, 5.74) is -0.671. The van der Waals surface area contributed by atoms with Crippen molar-refractivity contribution in [1.29, 1.82) is 0 Å². The maximum absolute atomic E-state index is 12.2. The lowest BCUT2D eigenvalue weighted by molar-refractivity contribution is 0.0155. The van der Waals surface area contributed by atoms with Crippen molar-refractivity contribution in [1.82, 2.24) is 5.32 Å². The number of hydrogen-bond acceptors (Lipinski definition) is 4. The molecule has 0 spiro atoms. The van der Waals surface area contributed by atoms with Crippen LogP contribution in [0.4, 0.5) is 0 Å². The van der Waals surface area contributed by atoms with Gasteiger partial charge in [-0.1, -0.05) is 0 Å². The highest BCUT2D eigenvalue weighted by molar-refractivity contribution is 6.02. The molecule has 0 aromatic heterocycles. The number of halogens is 1. The Balaban J connectivity index is 0.00000162. The van der Waals surface area contributed by atoms with Gasteiger partial charge in [0.2, 0.25) is 0 Å². The molecule has 1 saturated heterocycles. The van der Waals surface area contributed by atoms with Gasteiger partial charge in [-0.3, -0.25) is 4.79 Å². The number of carbonyl (C=O) groups excluding carboxylic acids is 1. The van der Waals surface area contributed by atoms with Gasteiger partial charge in [0.1, 0.15) is 11.4 Å². The van der Waals surface area contributed by atoms with E-state index >= 15 is 0 Å². The topological polar surface area (TPSA) is 58.6 Å². The Morgan fingerprint density at radius 3 is 2.33 bits per heavy atom. The van der Waals surface area contributed by atoms with Gasteiger partial charge in [-0.05, 0) is 50.2 Å². The van der Waals surface area contributed by atoms with Gasteiger partial charge in [-0.15, -0.1) is 12.4 Å². The smallest absolute Gasteiger partial charge is 0.194 e.